The zero-order valence-electron chi connectivity index (χ0n) is 10.9. The number of pyridine rings is 1. The standard InChI is InChI=1S/C15H17N3/c1-9-6-11(3)18-15-10(2)7-12(8-13(9)15)14(17)4-5-16/h4-8,16H,17H2,1-3H3/b14-4-,16-5?. The van der Waals surface area contributed by atoms with Gasteiger partial charge in [0.25, 0.3) is 0 Å². The van der Waals surface area contributed by atoms with Gasteiger partial charge >= 0.3 is 0 Å². The van der Waals surface area contributed by atoms with E-state index in [1.165, 1.54) is 11.8 Å². The van der Waals surface area contributed by atoms with Gasteiger partial charge in [-0.3, -0.25) is 4.98 Å². The first-order valence-corrected chi connectivity index (χ1v) is 5.88. The van der Waals surface area contributed by atoms with Crippen LogP contribution in [0.4, 0.5) is 0 Å². The Morgan fingerprint density at radius 1 is 1.17 bits per heavy atom. The number of hydrogen-bond acceptors (Lipinski definition) is 3. The fourth-order valence-corrected chi connectivity index (χ4v) is 2.18. The van der Waals surface area contributed by atoms with Crippen LogP contribution in [0.2, 0.25) is 0 Å². The molecule has 18 heavy (non-hydrogen) atoms. The summed E-state index contributed by atoms with van der Waals surface area (Å²) in [6.45, 7) is 6.12. The summed E-state index contributed by atoms with van der Waals surface area (Å²) in [7, 11) is 0. The molecule has 0 aliphatic rings. The third-order valence-electron chi connectivity index (χ3n) is 3.04. The first-order chi connectivity index (χ1) is 8.52. The molecule has 2 rings (SSSR count). The average Bonchev–Trinajstić information content (AvgIpc) is 2.30. The molecule has 0 spiro atoms. The summed E-state index contributed by atoms with van der Waals surface area (Å²) < 4.78 is 0. The topological polar surface area (TPSA) is 62.8 Å². The number of nitrogens with one attached hydrogen (secondary N) is 1. The Morgan fingerprint density at radius 2 is 1.89 bits per heavy atom. The highest BCUT2D eigenvalue weighted by Gasteiger charge is 2.07. The number of hydrogen-bond donors (Lipinski definition) is 2. The Balaban J connectivity index is 2.77. The zero-order chi connectivity index (χ0) is 13.3. The van der Waals surface area contributed by atoms with E-state index in [4.69, 9.17) is 11.1 Å². The minimum atomic E-state index is 0.606. The SMILES string of the molecule is Cc1cc(C)c2cc(/C(N)=C/C=N)cc(C)c2n1. The lowest BCUT2D eigenvalue weighted by atomic mass is 10.0. The molecule has 0 aliphatic carbocycles. The molecule has 0 bridgehead atoms. The lowest BCUT2D eigenvalue weighted by Gasteiger charge is -2.10. The minimum Gasteiger partial charge on any atom is -0.398 e. The van der Waals surface area contributed by atoms with E-state index in [1.807, 2.05) is 26.0 Å². The van der Waals surface area contributed by atoms with Crippen molar-refractivity contribution < 1.29 is 0 Å². The lowest BCUT2D eigenvalue weighted by molar-refractivity contribution is 1.22. The van der Waals surface area contributed by atoms with Crippen LogP contribution in [0.25, 0.3) is 16.6 Å². The molecule has 0 unspecified atom stereocenters. The van der Waals surface area contributed by atoms with Gasteiger partial charge in [0.15, 0.2) is 0 Å². The summed E-state index contributed by atoms with van der Waals surface area (Å²) in [5, 5.41) is 8.20. The molecular weight excluding hydrogens is 222 g/mol. The van der Waals surface area contributed by atoms with Crippen molar-refractivity contribution >= 4 is 22.8 Å². The number of allylic oxidation sites excluding steroid dienone is 1. The number of fused-ring (bicyclic) bond motifs is 1. The van der Waals surface area contributed by atoms with E-state index in [1.54, 1.807) is 6.08 Å². The van der Waals surface area contributed by atoms with Gasteiger partial charge in [-0.1, -0.05) is 0 Å². The van der Waals surface area contributed by atoms with Crippen LogP contribution in [-0.2, 0) is 0 Å². The maximum Gasteiger partial charge on any atom is 0.0737 e. The van der Waals surface area contributed by atoms with Crippen molar-refractivity contribution in [1.29, 1.82) is 5.41 Å². The largest absolute Gasteiger partial charge is 0.398 e. The van der Waals surface area contributed by atoms with Gasteiger partial charge in [0.1, 0.15) is 0 Å². The maximum atomic E-state index is 7.08. The maximum absolute atomic E-state index is 7.08. The molecule has 2 aromatic rings. The Hall–Kier alpha value is -2.16. The van der Waals surface area contributed by atoms with Crippen molar-refractivity contribution in [2.45, 2.75) is 20.8 Å². The Bertz CT molecular complexity index is 654. The summed E-state index contributed by atoms with van der Waals surface area (Å²) in [6.07, 6.45) is 2.80. The minimum absolute atomic E-state index is 0.606. The molecule has 0 radical (unpaired) electrons. The number of nitrogens with zero attached hydrogens (tertiary/aromatic N) is 1. The molecular formula is C15H17N3. The summed E-state index contributed by atoms with van der Waals surface area (Å²) in [5.41, 5.74) is 11.8. The molecule has 0 atom stereocenters. The molecule has 1 aromatic heterocycles. The highest BCUT2D eigenvalue weighted by molar-refractivity contribution is 5.90. The van der Waals surface area contributed by atoms with Crippen molar-refractivity contribution in [2.24, 2.45) is 5.73 Å². The Labute approximate surface area is 107 Å². The summed E-state index contributed by atoms with van der Waals surface area (Å²) in [4.78, 5) is 4.58. The van der Waals surface area contributed by atoms with Crippen molar-refractivity contribution in [2.75, 3.05) is 0 Å². The number of aromatic nitrogens is 1. The van der Waals surface area contributed by atoms with Gasteiger partial charge in [0.2, 0.25) is 0 Å². The second kappa shape index (κ2) is 4.61. The highest BCUT2D eigenvalue weighted by Crippen LogP contribution is 2.24. The van der Waals surface area contributed by atoms with Crippen LogP contribution in [0.1, 0.15) is 22.4 Å². The van der Waals surface area contributed by atoms with E-state index in [9.17, 15) is 0 Å². The number of benzene rings is 1. The van der Waals surface area contributed by atoms with E-state index in [0.29, 0.717) is 5.70 Å². The molecule has 0 saturated carbocycles. The van der Waals surface area contributed by atoms with E-state index in [-0.39, 0.29) is 0 Å². The van der Waals surface area contributed by atoms with E-state index < -0.39 is 0 Å². The van der Waals surface area contributed by atoms with Crippen molar-refractivity contribution in [3.8, 4) is 0 Å². The predicted octanol–water partition coefficient (Wildman–Crippen LogP) is 3.11. The van der Waals surface area contributed by atoms with Gasteiger partial charge < -0.3 is 11.1 Å². The predicted molar refractivity (Wildman–Crippen MR) is 76.9 cm³/mol. The van der Waals surface area contributed by atoms with Gasteiger partial charge in [0, 0.05) is 23.0 Å². The summed E-state index contributed by atoms with van der Waals surface area (Å²) in [5.74, 6) is 0. The molecule has 3 heteroatoms. The second-order valence-electron chi connectivity index (χ2n) is 4.56. The van der Waals surface area contributed by atoms with Gasteiger partial charge in [-0.15, -0.1) is 0 Å². The monoisotopic (exact) mass is 239 g/mol. The first-order valence-electron chi connectivity index (χ1n) is 5.88. The average molecular weight is 239 g/mol. The molecule has 3 N–H and O–H groups in total. The van der Waals surface area contributed by atoms with Crippen LogP contribution < -0.4 is 5.73 Å². The van der Waals surface area contributed by atoms with Crippen LogP contribution in [0, 0.1) is 26.2 Å². The van der Waals surface area contributed by atoms with E-state index in [2.05, 4.69) is 18.0 Å². The van der Waals surface area contributed by atoms with Crippen LogP contribution in [0.5, 0.6) is 0 Å². The first kappa shape index (κ1) is 12.3. The number of rotatable bonds is 2. The summed E-state index contributed by atoms with van der Waals surface area (Å²) >= 11 is 0. The molecule has 1 heterocycles. The normalized spacial score (nSPS) is 11.8. The molecule has 1 aromatic carbocycles. The quantitative estimate of drug-likeness (QED) is 0.791. The molecule has 0 saturated heterocycles. The van der Waals surface area contributed by atoms with Gasteiger partial charge in [0.05, 0.1) is 5.52 Å². The third kappa shape index (κ3) is 2.12. The summed E-state index contributed by atoms with van der Waals surface area (Å²) in [6, 6.07) is 6.13. The highest BCUT2D eigenvalue weighted by atomic mass is 14.7. The van der Waals surface area contributed by atoms with Crippen molar-refractivity contribution in [1.82, 2.24) is 4.98 Å². The molecule has 0 aliphatic heterocycles. The van der Waals surface area contributed by atoms with E-state index in [0.717, 1.165) is 27.7 Å². The van der Waals surface area contributed by atoms with Crippen LogP contribution in [-0.4, -0.2) is 11.2 Å². The molecule has 92 valence electrons. The Morgan fingerprint density at radius 3 is 2.56 bits per heavy atom. The zero-order valence-corrected chi connectivity index (χ0v) is 10.9. The van der Waals surface area contributed by atoms with Crippen LogP contribution >= 0.6 is 0 Å². The van der Waals surface area contributed by atoms with Gasteiger partial charge in [-0.25, -0.2) is 0 Å². The second-order valence-corrected chi connectivity index (χ2v) is 4.56. The fourth-order valence-electron chi connectivity index (χ4n) is 2.18. The fraction of sp³-hybridized carbons (Fsp3) is 0.200. The van der Waals surface area contributed by atoms with Crippen molar-refractivity contribution in [3.63, 3.8) is 0 Å². The van der Waals surface area contributed by atoms with Crippen molar-refractivity contribution in [3.05, 3.63) is 46.7 Å². The van der Waals surface area contributed by atoms with E-state index >= 15 is 0 Å². The van der Waals surface area contributed by atoms with Crippen LogP contribution in [0.3, 0.4) is 0 Å². The Kier molecular flexibility index (Phi) is 3.15. The number of nitrogens with two attached hydrogens (primary N) is 1. The third-order valence-corrected chi connectivity index (χ3v) is 3.04. The van der Waals surface area contributed by atoms with Gasteiger partial charge in [-0.2, -0.15) is 0 Å². The molecule has 3 nitrogen and oxygen atoms in total. The van der Waals surface area contributed by atoms with Crippen LogP contribution in [0.15, 0.2) is 24.3 Å². The molecule has 0 amide bonds. The molecule has 0 fully saturated rings. The smallest absolute Gasteiger partial charge is 0.0737 e. The van der Waals surface area contributed by atoms with Gasteiger partial charge in [-0.05, 0) is 61.7 Å². The number of aryl methyl sites for hydroxylation is 3. The lowest BCUT2D eigenvalue weighted by Crippen LogP contribution is -1.99.